The lowest BCUT2D eigenvalue weighted by Gasteiger charge is -2.23. The quantitative estimate of drug-likeness (QED) is 0.646. The van der Waals surface area contributed by atoms with Gasteiger partial charge < -0.3 is 20.3 Å². The van der Waals surface area contributed by atoms with Crippen LogP contribution in [0.5, 0.6) is 0 Å². The van der Waals surface area contributed by atoms with Crippen LogP contribution in [0.3, 0.4) is 0 Å². The van der Waals surface area contributed by atoms with Gasteiger partial charge in [-0.3, -0.25) is 4.79 Å². The van der Waals surface area contributed by atoms with E-state index in [1.165, 1.54) is 13.8 Å². The predicted octanol–water partition coefficient (Wildman–Crippen LogP) is 0.952. The van der Waals surface area contributed by atoms with Crippen LogP contribution < -0.4 is 5.32 Å². The Labute approximate surface area is 127 Å². The van der Waals surface area contributed by atoms with Crippen LogP contribution in [-0.4, -0.2) is 40.2 Å². The lowest BCUT2D eigenvalue weighted by molar-refractivity contribution is -0.152. The average Bonchev–Trinajstić information content (AvgIpc) is 2.51. The third kappa shape index (κ3) is 5.17. The summed E-state index contributed by atoms with van der Waals surface area (Å²) in [4.78, 5) is 33.5. The molecular formula is C15H19NO6. The van der Waals surface area contributed by atoms with Crippen molar-refractivity contribution in [2.24, 2.45) is 5.92 Å². The number of hydrogen-bond donors (Lipinski definition) is 3. The normalized spacial score (nSPS) is 14.5. The largest absolute Gasteiger partial charge is 0.475 e. The summed E-state index contributed by atoms with van der Waals surface area (Å²) in [5, 5.41) is 20.9. The molecule has 0 saturated carbocycles. The fourth-order valence-electron chi connectivity index (χ4n) is 1.82. The summed E-state index contributed by atoms with van der Waals surface area (Å²) in [5.74, 6) is -3.87. The van der Waals surface area contributed by atoms with Crippen molar-refractivity contribution in [3.8, 4) is 0 Å². The summed E-state index contributed by atoms with van der Waals surface area (Å²) in [5.41, 5.74) is 0.806. The molecule has 1 aromatic rings. The molecule has 0 aromatic heterocycles. The number of aliphatic hydroxyl groups is 1. The summed E-state index contributed by atoms with van der Waals surface area (Å²) in [6, 6.07) is 8.20. The minimum absolute atomic E-state index is 0.0686. The molecule has 0 spiro atoms. The van der Waals surface area contributed by atoms with Crippen LogP contribution in [-0.2, 0) is 20.9 Å². The van der Waals surface area contributed by atoms with E-state index in [0.717, 1.165) is 5.56 Å². The van der Waals surface area contributed by atoms with E-state index in [9.17, 15) is 19.5 Å². The monoisotopic (exact) mass is 309 g/mol. The maximum absolute atomic E-state index is 11.6. The number of rotatable bonds is 7. The number of carbonyl (C=O) groups is 3. The van der Waals surface area contributed by atoms with Crippen molar-refractivity contribution in [1.29, 1.82) is 0 Å². The average molecular weight is 309 g/mol. The molecule has 1 aromatic carbocycles. The number of ether oxygens (including phenoxy) is 1. The number of carboxylic acids is 1. The highest BCUT2D eigenvalue weighted by molar-refractivity contribution is 6.33. The molecule has 7 nitrogen and oxygen atoms in total. The first kappa shape index (κ1) is 17.6. The number of aliphatic carboxylic acids is 1. The van der Waals surface area contributed by atoms with Crippen LogP contribution in [0, 0.1) is 5.92 Å². The molecule has 0 aliphatic rings. The molecule has 7 heteroatoms. The lowest BCUT2D eigenvalue weighted by Crippen LogP contribution is -2.47. The van der Waals surface area contributed by atoms with E-state index in [0.29, 0.717) is 0 Å². The topological polar surface area (TPSA) is 113 Å². The standard InChI is InChI=1S/C15H19NO6/c1-9(13(18)14(19)20)12(17)10(2)16-15(21)22-8-11-6-4-3-5-7-11/h3-7,9-10,12,17H,8H2,1-2H3,(H,16,21)(H,19,20)/t9?,10-,12?/m0/s1. The number of ketones is 1. The number of benzene rings is 1. The number of alkyl carbamates (subject to hydrolysis) is 1. The summed E-state index contributed by atoms with van der Waals surface area (Å²) >= 11 is 0. The maximum atomic E-state index is 11.6. The Balaban J connectivity index is 2.46. The first-order chi connectivity index (χ1) is 10.3. The Kier molecular flexibility index (Phi) is 6.52. The van der Waals surface area contributed by atoms with E-state index in [2.05, 4.69) is 5.32 Å². The number of carboxylic acid groups (broad SMARTS) is 1. The van der Waals surface area contributed by atoms with Crippen LogP contribution in [0.25, 0.3) is 0 Å². The van der Waals surface area contributed by atoms with Crippen molar-refractivity contribution < 1.29 is 29.3 Å². The lowest BCUT2D eigenvalue weighted by atomic mass is 9.95. The van der Waals surface area contributed by atoms with Crippen molar-refractivity contribution in [2.45, 2.75) is 32.6 Å². The molecular weight excluding hydrogens is 290 g/mol. The van der Waals surface area contributed by atoms with Gasteiger partial charge >= 0.3 is 12.1 Å². The van der Waals surface area contributed by atoms with Gasteiger partial charge in [-0.25, -0.2) is 9.59 Å². The SMILES string of the molecule is CC(C(=O)C(=O)O)C(O)[C@H](C)NC(=O)OCc1ccccc1. The third-order valence-electron chi connectivity index (χ3n) is 3.21. The van der Waals surface area contributed by atoms with Gasteiger partial charge in [0, 0.05) is 0 Å². The summed E-state index contributed by atoms with van der Waals surface area (Å²) in [7, 11) is 0. The van der Waals surface area contributed by atoms with Gasteiger partial charge in [0.2, 0.25) is 5.78 Å². The zero-order valence-corrected chi connectivity index (χ0v) is 12.4. The third-order valence-corrected chi connectivity index (χ3v) is 3.21. The predicted molar refractivity (Wildman–Crippen MR) is 77.0 cm³/mol. The highest BCUT2D eigenvalue weighted by Crippen LogP contribution is 2.09. The second kappa shape index (κ2) is 8.14. The highest BCUT2D eigenvalue weighted by atomic mass is 16.5. The molecule has 0 aliphatic heterocycles. The summed E-state index contributed by atoms with van der Waals surface area (Å²) in [6.45, 7) is 2.81. The van der Waals surface area contributed by atoms with Crippen LogP contribution in [0.15, 0.2) is 30.3 Å². The number of nitrogens with one attached hydrogen (secondary N) is 1. The van der Waals surface area contributed by atoms with Gasteiger partial charge in [0.15, 0.2) is 0 Å². The maximum Gasteiger partial charge on any atom is 0.407 e. The molecule has 2 unspecified atom stereocenters. The van der Waals surface area contributed by atoms with Gasteiger partial charge in [0.25, 0.3) is 0 Å². The second-order valence-electron chi connectivity index (χ2n) is 4.94. The fourth-order valence-corrected chi connectivity index (χ4v) is 1.82. The van der Waals surface area contributed by atoms with Crippen molar-refractivity contribution in [2.75, 3.05) is 0 Å². The second-order valence-corrected chi connectivity index (χ2v) is 4.94. The molecule has 0 heterocycles. The molecule has 0 aliphatic carbocycles. The number of amides is 1. The summed E-state index contributed by atoms with van der Waals surface area (Å²) in [6.07, 6.45) is -2.08. The van der Waals surface area contributed by atoms with Gasteiger partial charge in [0.1, 0.15) is 6.61 Å². The Bertz CT molecular complexity index is 530. The Morgan fingerprint density at radius 3 is 2.32 bits per heavy atom. The Morgan fingerprint density at radius 1 is 1.18 bits per heavy atom. The molecule has 0 fully saturated rings. The van der Waals surface area contributed by atoms with Gasteiger partial charge in [-0.05, 0) is 12.5 Å². The van der Waals surface area contributed by atoms with E-state index in [1.54, 1.807) is 12.1 Å². The first-order valence-electron chi connectivity index (χ1n) is 6.75. The number of Topliss-reactive ketones (excluding diaryl/α,β-unsaturated/α-hetero) is 1. The number of carbonyl (C=O) groups excluding carboxylic acids is 2. The highest BCUT2D eigenvalue weighted by Gasteiger charge is 2.31. The van der Waals surface area contributed by atoms with Gasteiger partial charge in [-0.1, -0.05) is 37.3 Å². The smallest absolute Gasteiger partial charge is 0.407 e. The zero-order chi connectivity index (χ0) is 16.7. The molecule has 3 N–H and O–H groups in total. The number of hydrogen-bond acceptors (Lipinski definition) is 5. The van der Waals surface area contributed by atoms with Crippen molar-refractivity contribution >= 4 is 17.8 Å². The van der Waals surface area contributed by atoms with Crippen molar-refractivity contribution in [1.82, 2.24) is 5.32 Å². The Hall–Kier alpha value is -2.41. The molecule has 3 atom stereocenters. The van der Waals surface area contributed by atoms with E-state index in [4.69, 9.17) is 9.84 Å². The zero-order valence-electron chi connectivity index (χ0n) is 12.4. The number of aliphatic hydroxyl groups excluding tert-OH is 1. The van der Waals surface area contributed by atoms with E-state index in [-0.39, 0.29) is 6.61 Å². The molecule has 0 bridgehead atoms. The Morgan fingerprint density at radius 2 is 1.77 bits per heavy atom. The van der Waals surface area contributed by atoms with Crippen LogP contribution in [0.4, 0.5) is 4.79 Å². The van der Waals surface area contributed by atoms with E-state index >= 15 is 0 Å². The van der Waals surface area contributed by atoms with Crippen LogP contribution in [0.2, 0.25) is 0 Å². The van der Waals surface area contributed by atoms with Crippen molar-refractivity contribution in [3.63, 3.8) is 0 Å². The molecule has 1 rings (SSSR count). The van der Waals surface area contributed by atoms with Gasteiger partial charge in [-0.15, -0.1) is 0 Å². The molecule has 0 saturated heterocycles. The minimum atomic E-state index is -1.62. The minimum Gasteiger partial charge on any atom is -0.475 e. The molecule has 120 valence electrons. The van der Waals surface area contributed by atoms with Crippen LogP contribution in [0.1, 0.15) is 19.4 Å². The molecule has 1 amide bonds. The van der Waals surface area contributed by atoms with Crippen molar-refractivity contribution in [3.05, 3.63) is 35.9 Å². The first-order valence-corrected chi connectivity index (χ1v) is 6.75. The van der Waals surface area contributed by atoms with Gasteiger partial charge in [0.05, 0.1) is 18.1 Å². The van der Waals surface area contributed by atoms with Gasteiger partial charge in [-0.2, -0.15) is 0 Å². The fraction of sp³-hybridized carbons (Fsp3) is 0.400. The van der Waals surface area contributed by atoms with E-state index < -0.39 is 35.9 Å². The van der Waals surface area contributed by atoms with E-state index in [1.807, 2.05) is 18.2 Å². The molecule has 0 radical (unpaired) electrons. The summed E-state index contributed by atoms with van der Waals surface area (Å²) < 4.78 is 4.97. The van der Waals surface area contributed by atoms with Crippen LogP contribution >= 0.6 is 0 Å². The molecule has 22 heavy (non-hydrogen) atoms.